The summed E-state index contributed by atoms with van der Waals surface area (Å²) >= 11 is 0. The topological polar surface area (TPSA) is 37.9 Å². The molecular formula is C26H20N2O. The van der Waals surface area contributed by atoms with E-state index in [-0.39, 0.29) is 0 Å². The average molecular weight is 376 g/mol. The second-order valence-corrected chi connectivity index (χ2v) is 7.10. The summed E-state index contributed by atoms with van der Waals surface area (Å²) in [6.07, 6.45) is 3.92. The van der Waals surface area contributed by atoms with Gasteiger partial charge < -0.3 is 9.72 Å². The first-order chi connectivity index (χ1) is 14.3. The fourth-order valence-electron chi connectivity index (χ4n) is 3.53. The number of aromatic amines is 1. The second kappa shape index (κ2) is 7.28. The zero-order chi connectivity index (χ0) is 19.6. The Morgan fingerprint density at radius 3 is 2.34 bits per heavy atom. The fraction of sp³-hybridized carbons (Fsp3) is 0.0385. The molecule has 3 heteroatoms. The molecule has 0 aliphatic rings. The van der Waals surface area contributed by atoms with Crippen molar-refractivity contribution in [1.29, 1.82) is 0 Å². The zero-order valence-electron chi connectivity index (χ0n) is 16.1. The lowest BCUT2D eigenvalue weighted by atomic mass is 10.0. The van der Waals surface area contributed by atoms with Crippen molar-refractivity contribution in [3.63, 3.8) is 0 Å². The average Bonchev–Trinajstić information content (AvgIpc) is 3.19. The van der Waals surface area contributed by atoms with Crippen molar-refractivity contribution >= 4 is 11.0 Å². The molecule has 140 valence electrons. The van der Waals surface area contributed by atoms with E-state index in [1.54, 1.807) is 0 Å². The summed E-state index contributed by atoms with van der Waals surface area (Å²) in [4.78, 5) is 7.95. The van der Waals surface area contributed by atoms with Crippen LogP contribution in [0.25, 0.3) is 33.3 Å². The number of fused-ring (bicyclic) bond motifs is 1. The van der Waals surface area contributed by atoms with E-state index < -0.39 is 0 Å². The summed E-state index contributed by atoms with van der Waals surface area (Å²) in [5.41, 5.74) is 6.49. The van der Waals surface area contributed by atoms with Gasteiger partial charge in [0.25, 0.3) is 0 Å². The summed E-state index contributed by atoms with van der Waals surface area (Å²) in [7, 11) is 0. The van der Waals surface area contributed by atoms with E-state index in [4.69, 9.17) is 4.74 Å². The Labute approximate surface area is 169 Å². The Morgan fingerprint density at radius 1 is 0.759 bits per heavy atom. The van der Waals surface area contributed by atoms with Crippen molar-refractivity contribution in [3.8, 4) is 33.8 Å². The zero-order valence-corrected chi connectivity index (χ0v) is 16.1. The third-order valence-corrected chi connectivity index (χ3v) is 5.06. The van der Waals surface area contributed by atoms with Gasteiger partial charge in [0.2, 0.25) is 0 Å². The van der Waals surface area contributed by atoms with E-state index in [0.29, 0.717) is 0 Å². The lowest BCUT2D eigenvalue weighted by Gasteiger charge is -2.11. The predicted molar refractivity (Wildman–Crippen MR) is 118 cm³/mol. The third-order valence-electron chi connectivity index (χ3n) is 5.06. The van der Waals surface area contributed by atoms with Gasteiger partial charge >= 0.3 is 0 Å². The van der Waals surface area contributed by atoms with Gasteiger partial charge in [-0.2, -0.15) is 0 Å². The minimum Gasteiger partial charge on any atom is -0.457 e. The molecule has 5 rings (SSSR count). The van der Waals surface area contributed by atoms with Gasteiger partial charge in [-0.05, 0) is 36.8 Å². The SMILES string of the molecule is Cc1ccc(-c2c[nH]c3ncc(-c4ccccc4Oc4ccccc4)cc23)cc1. The molecule has 0 saturated carbocycles. The molecule has 0 aliphatic carbocycles. The number of pyridine rings is 1. The molecule has 5 aromatic rings. The number of H-pyrrole nitrogens is 1. The molecular weight excluding hydrogens is 356 g/mol. The van der Waals surface area contributed by atoms with Crippen LogP contribution in [0.1, 0.15) is 5.56 Å². The van der Waals surface area contributed by atoms with Crippen molar-refractivity contribution in [2.75, 3.05) is 0 Å². The van der Waals surface area contributed by atoms with E-state index in [1.165, 1.54) is 11.1 Å². The highest BCUT2D eigenvalue weighted by molar-refractivity contribution is 5.96. The van der Waals surface area contributed by atoms with Crippen LogP contribution in [0.15, 0.2) is 97.3 Å². The number of nitrogens with zero attached hydrogens (tertiary/aromatic N) is 1. The lowest BCUT2D eigenvalue weighted by Crippen LogP contribution is -1.89. The molecule has 0 amide bonds. The monoisotopic (exact) mass is 376 g/mol. The van der Waals surface area contributed by atoms with Crippen LogP contribution in [0.2, 0.25) is 0 Å². The fourth-order valence-corrected chi connectivity index (χ4v) is 3.53. The van der Waals surface area contributed by atoms with Gasteiger partial charge in [0.15, 0.2) is 0 Å². The molecule has 0 saturated heterocycles. The number of ether oxygens (including phenoxy) is 1. The largest absolute Gasteiger partial charge is 0.457 e. The lowest BCUT2D eigenvalue weighted by molar-refractivity contribution is 0.484. The first-order valence-electron chi connectivity index (χ1n) is 9.64. The maximum atomic E-state index is 6.15. The van der Waals surface area contributed by atoms with E-state index in [2.05, 4.69) is 53.3 Å². The van der Waals surface area contributed by atoms with Crippen molar-refractivity contribution < 1.29 is 4.74 Å². The molecule has 29 heavy (non-hydrogen) atoms. The summed E-state index contributed by atoms with van der Waals surface area (Å²) in [6, 6.07) is 28.7. The number of benzene rings is 3. The maximum absolute atomic E-state index is 6.15. The van der Waals surface area contributed by atoms with Gasteiger partial charge in [0.05, 0.1) is 0 Å². The van der Waals surface area contributed by atoms with Gasteiger partial charge in [0, 0.05) is 34.5 Å². The molecule has 0 fully saturated rings. The quantitative estimate of drug-likeness (QED) is 0.367. The van der Waals surface area contributed by atoms with Crippen LogP contribution in [-0.4, -0.2) is 9.97 Å². The molecule has 0 aliphatic heterocycles. The molecule has 0 radical (unpaired) electrons. The standard InChI is InChI=1S/C26H20N2O/c1-18-11-13-19(14-12-18)24-17-28-26-23(24)15-20(16-27-26)22-9-5-6-10-25(22)29-21-7-3-2-4-8-21/h2-17H,1H3,(H,27,28). The van der Waals surface area contributed by atoms with Crippen LogP contribution in [-0.2, 0) is 0 Å². The summed E-state index contributed by atoms with van der Waals surface area (Å²) in [6.45, 7) is 2.10. The van der Waals surface area contributed by atoms with Crippen LogP contribution >= 0.6 is 0 Å². The third kappa shape index (κ3) is 3.39. The molecule has 0 unspecified atom stereocenters. The number of aryl methyl sites for hydroxylation is 1. The summed E-state index contributed by atoms with van der Waals surface area (Å²) < 4.78 is 6.15. The van der Waals surface area contributed by atoms with Gasteiger partial charge in [0.1, 0.15) is 17.1 Å². The number of nitrogens with one attached hydrogen (secondary N) is 1. The molecule has 0 bridgehead atoms. The maximum Gasteiger partial charge on any atom is 0.137 e. The van der Waals surface area contributed by atoms with Gasteiger partial charge in [-0.1, -0.05) is 66.2 Å². The molecule has 0 atom stereocenters. The molecule has 3 nitrogen and oxygen atoms in total. The van der Waals surface area contributed by atoms with Crippen molar-refractivity contribution in [2.24, 2.45) is 0 Å². The van der Waals surface area contributed by atoms with E-state index in [9.17, 15) is 0 Å². The van der Waals surface area contributed by atoms with Gasteiger partial charge in [-0.15, -0.1) is 0 Å². The van der Waals surface area contributed by atoms with Crippen LogP contribution in [0.5, 0.6) is 11.5 Å². The van der Waals surface area contributed by atoms with Gasteiger partial charge in [-0.25, -0.2) is 4.98 Å². The smallest absolute Gasteiger partial charge is 0.137 e. The minimum atomic E-state index is 0.812. The number of rotatable bonds is 4. The molecule has 3 aromatic carbocycles. The van der Waals surface area contributed by atoms with Crippen LogP contribution in [0.3, 0.4) is 0 Å². The molecule has 2 aromatic heterocycles. The number of hydrogen-bond donors (Lipinski definition) is 1. The molecule has 1 N–H and O–H groups in total. The highest BCUT2D eigenvalue weighted by Gasteiger charge is 2.12. The highest BCUT2D eigenvalue weighted by atomic mass is 16.5. The number of aromatic nitrogens is 2. The van der Waals surface area contributed by atoms with Crippen LogP contribution in [0, 0.1) is 6.92 Å². The predicted octanol–water partition coefficient (Wildman–Crippen LogP) is 7.00. The first kappa shape index (κ1) is 17.3. The van der Waals surface area contributed by atoms with Gasteiger partial charge in [-0.3, -0.25) is 0 Å². The van der Waals surface area contributed by atoms with Crippen molar-refractivity contribution in [1.82, 2.24) is 9.97 Å². The van der Waals surface area contributed by atoms with E-state index in [0.717, 1.165) is 39.2 Å². The first-order valence-corrected chi connectivity index (χ1v) is 9.64. The number of hydrogen-bond acceptors (Lipinski definition) is 2. The summed E-state index contributed by atoms with van der Waals surface area (Å²) in [5.74, 6) is 1.63. The van der Waals surface area contributed by atoms with Crippen molar-refractivity contribution in [3.05, 3.63) is 103 Å². The van der Waals surface area contributed by atoms with Crippen LogP contribution in [0.4, 0.5) is 0 Å². The Bertz CT molecular complexity index is 1270. The molecule has 0 spiro atoms. The highest BCUT2D eigenvalue weighted by Crippen LogP contribution is 2.36. The Kier molecular flexibility index (Phi) is 4.34. The second-order valence-electron chi connectivity index (χ2n) is 7.10. The Hall–Kier alpha value is -3.85. The van der Waals surface area contributed by atoms with Crippen molar-refractivity contribution in [2.45, 2.75) is 6.92 Å². The summed E-state index contributed by atoms with van der Waals surface area (Å²) in [5, 5.41) is 1.10. The molecule has 2 heterocycles. The number of para-hydroxylation sites is 2. The minimum absolute atomic E-state index is 0.812. The normalized spacial score (nSPS) is 10.9. The van der Waals surface area contributed by atoms with E-state index in [1.807, 2.05) is 60.9 Å². The Balaban J connectivity index is 1.59. The Morgan fingerprint density at radius 2 is 1.52 bits per heavy atom. The van der Waals surface area contributed by atoms with E-state index >= 15 is 0 Å². The van der Waals surface area contributed by atoms with Crippen LogP contribution < -0.4 is 4.74 Å².